The first-order chi connectivity index (χ1) is 10.4. The monoisotopic (exact) mass is 294 g/mol. The van der Waals surface area contributed by atoms with E-state index in [1.807, 2.05) is 0 Å². The number of rotatable bonds is 6. The molecule has 1 fully saturated rings. The summed E-state index contributed by atoms with van der Waals surface area (Å²) in [7, 11) is 0. The van der Waals surface area contributed by atoms with Gasteiger partial charge in [-0.15, -0.1) is 10.2 Å². The molecule has 0 aliphatic carbocycles. The SMILES string of the molecule is OCCOCCN1CCCC1c1nnc2n1CCCCC2. The molecule has 1 saturated heterocycles. The normalized spacial score (nSPS) is 23.2. The lowest BCUT2D eigenvalue weighted by Crippen LogP contribution is -2.29. The molecule has 118 valence electrons. The quantitative estimate of drug-likeness (QED) is 0.797. The molecule has 0 spiro atoms. The summed E-state index contributed by atoms with van der Waals surface area (Å²) in [4.78, 5) is 2.46. The van der Waals surface area contributed by atoms with Gasteiger partial charge in [0.15, 0.2) is 0 Å². The van der Waals surface area contributed by atoms with Gasteiger partial charge >= 0.3 is 0 Å². The summed E-state index contributed by atoms with van der Waals surface area (Å²) in [5.41, 5.74) is 0. The van der Waals surface area contributed by atoms with Crippen LogP contribution in [-0.2, 0) is 17.7 Å². The summed E-state index contributed by atoms with van der Waals surface area (Å²) >= 11 is 0. The Bertz CT molecular complexity index is 449. The highest BCUT2D eigenvalue weighted by Gasteiger charge is 2.31. The van der Waals surface area contributed by atoms with E-state index >= 15 is 0 Å². The molecule has 0 radical (unpaired) electrons. The van der Waals surface area contributed by atoms with Crippen LogP contribution in [0.3, 0.4) is 0 Å². The van der Waals surface area contributed by atoms with Gasteiger partial charge in [0.25, 0.3) is 0 Å². The maximum atomic E-state index is 8.76. The fourth-order valence-electron chi connectivity index (χ4n) is 3.49. The van der Waals surface area contributed by atoms with Crippen molar-refractivity contribution in [3.05, 3.63) is 11.6 Å². The minimum atomic E-state index is 0.0983. The lowest BCUT2D eigenvalue weighted by molar-refractivity contribution is 0.0698. The molecule has 2 aliphatic rings. The number of likely N-dealkylation sites (tertiary alicyclic amines) is 1. The maximum absolute atomic E-state index is 8.76. The number of nitrogens with zero attached hydrogens (tertiary/aromatic N) is 4. The average molecular weight is 294 g/mol. The van der Waals surface area contributed by atoms with Crippen molar-refractivity contribution in [2.24, 2.45) is 0 Å². The van der Waals surface area contributed by atoms with Crippen molar-refractivity contribution in [1.82, 2.24) is 19.7 Å². The van der Waals surface area contributed by atoms with Crippen molar-refractivity contribution in [3.8, 4) is 0 Å². The van der Waals surface area contributed by atoms with Crippen LogP contribution in [0.2, 0.25) is 0 Å². The Kier molecular flexibility index (Phi) is 5.22. The van der Waals surface area contributed by atoms with Crippen molar-refractivity contribution < 1.29 is 9.84 Å². The van der Waals surface area contributed by atoms with Crippen LogP contribution in [0.25, 0.3) is 0 Å². The average Bonchev–Trinajstić information content (AvgIpc) is 3.04. The molecule has 0 amide bonds. The van der Waals surface area contributed by atoms with E-state index < -0.39 is 0 Å². The Morgan fingerprint density at radius 2 is 2.05 bits per heavy atom. The number of hydrogen-bond acceptors (Lipinski definition) is 5. The Labute approximate surface area is 126 Å². The number of aromatic nitrogens is 3. The second-order valence-corrected chi connectivity index (χ2v) is 5.97. The van der Waals surface area contributed by atoms with E-state index in [0.717, 1.165) is 38.3 Å². The highest BCUT2D eigenvalue weighted by Crippen LogP contribution is 2.31. The van der Waals surface area contributed by atoms with Crippen molar-refractivity contribution in [1.29, 1.82) is 0 Å². The minimum Gasteiger partial charge on any atom is -0.394 e. The molecule has 0 saturated carbocycles. The van der Waals surface area contributed by atoms with Crippen molar-refractivity contribution in [3.63, 3.8) is 0 Å². The number of aliphatic hydroxyl groups excluding tert-OH is 1. The molecular formula is C15H26N4O2. The minimum absolute atomic E-state index is 0.0983. The third-order valence-corrected chi connectivity index (χ3v) is 4.56. The Hall–Kier alpha value is -0.980. The van der Waals surface area contributed by atoms with Gasteiger partial charge in [-0.25, -0.2) is 0 Å². The van der Waals surface area contributed by atoms with Crippen LogP contribution in [-0.4, -0.2) is 57.7 Å². The Morgan fingerprint density at radius 3 is 2.95 bits per heavy atom. The number of hydrogen-bond donors (Lipinski definition) is 1. The van der Waals surface area contributed by atoms with Crippen LogP contribution < -0.4 is 0 Å². The zero-order valence-electron chi connectivity index (χ0n) is 12.7. The van der Waals surface area contributed by atoms with E-state index in [1.165, 1.54) is 31.5 Å². The predicted octanol–water partition coefficient (Wildman–Crippen LogP) is 1.15. The topological polar surface area (TPSA) is 63.4 Å². The zero-order valence-corrected chi connectivity index (χ0v) is 12.7. The smallest absolute Gasteiger partial charge is 0.150 e. The first kappa shape index (κ1) is 14.9. The highest BCUT2D eigenvalue weighted by molar-refractivity contribution is 5.05. The predicted molar refractivity (Wildman–Crippen MR) is 79.0 cm³/mol. The molecule has 1 aromatic heterocycles. The van der Waals surface area contributed by atoms with Gasteiger partial charge in [-0.1, -0.05) is 6.42 Å². The van der Waals surface area contributed by atoms with Gasteiger partial charge in [0.05, 0.1) is 25.9 Å². The van der Waals surface area contributed by atoms with Crippen LogP contribution in [0, 0.1) is 0 Å². The first-order valence-corrected chi connectivity index (χ1v) is 8.25. The van der Waals surface area contributed by atoms with Crippen LogP contribution in [0.15, 0.2) is 0 Å². The standard InChI is InChI=1S/C15H26N4O2/c20-10-12-21-11-9-18-7-4-5-13(18)15-17-16-14-6-2-1-3-8-19(14)15/h13,20H,1-12H2. The largest absolute Gasteiger partial charge is 0.394 e. The van der Waals surface area contributed by atoms with Gasteiger partial charge in [0.2, 0.25) is 0 Å². The molecule has 0 bridgehead atoms. The molecule has 2 aliphatic heterocycles. The molecule has 6 heteroatoms. The van der Waals surface area contributed by atoms with Gasteiger partial charge < -0.3 is 14.4 Å². The molecule has 0 aromatic carbocycles. The molecule has 6 nitrogen and oxygen atoms in total. The molecule has 1 unspecified atom stereocenters. The summed E-state index contributed by atoms with van der Waals surface area (Å²) in [5, 5.41) is 17.7. The van der Waals surface area contributed by atoms with Crippen molar-refractivity contribution in [2.75, 3.05) is 32.9 Å². The van der Waals surface area contributed by atoms with E-state index in [2.05, 4.69) is 19.7 Å². The van der Waals surface area contributed by atoms with E-state index in [1.54, 1.807) is 0 Å². The number of ether oxygens (including phenoxy) is 1. The van der Waals surface area contributed by atoms with Gasteiger partial charge in [-0.05, 0) is 32.2 Å². The molecule has 1 N–H and O–H groups in total. The van der Waals surface area contributed by atoms with Crippen LogP contribution in [0.4, 0.5) is 0 Å². The molecule has 1 atom stereocenters. The Balaban J connectivity index is 1.66. The number of aryl methyl sites for hydroxylation is 1. The third kappa shape index (κ3) is 3.44. The summed E-state index contributed by atoms with van der Waals surface area (Å²) in [5.74, 6) is 2.33. The first-order valence-electron chi connectivity index (χ1n) is 8.25. The molecule has 21 heavy (non-hydrogen) atoms. The van der Waals surface area contributed by atoms with Crippen molar-refractivity contribution in [2.45, 2.75) is 51.1 Å². The van der Waals surface area contributed by atoms with Gasteiger partial charge in [0.1, 0.15) is 11.6 Å². The molecule has 3 heterocycles. The van der Waals surface area contributed by atoms with Crippen LogP contribution in [0.1, 0.15) is 49.8 Å². The van der Waals surface area contributed by atoms with Gasteiger partial charge in [-0.3, -0.25) is 4.90 Å². The Morgan fingerprint density at radius 1 is 1.10 bits per heavy atom. The fraction of sp³-hybridized carbons (Fsp3) is 0.867. The van der Waals surface area contributed by atoms with E-state index in [9.17, 15) is 0 Å². The van der Waals surface area contributed by atoms with E-state index in [-0.39, 0.29) is 6.61 Å². The summed E-state index contributed by atoms with van der Waals surface area (Å²) < 4.78 is 7.77. The second-order valence-electron chi connectivity index (χ2n) is 5.97. The third-order valence-electron chi connectivity index (χ3n) is 4.56. The second kappa shape index (κ2) is 7.33. The lowest BCUT2D eigenvalue weighted by Gasteiger charge is -2.24. The van der Waals surface area contributed by atoms with Crippen molar-refractivity contribution >= 4 is 0 Å². The molecule has 3 rings (SSSR count). The van der Waals surface area contributed by atoms with Crippen LogP contribution in [0.5, 0.6) is 0 Å². The highest BCUT2D eigenvalue weighted by atomic mass is 16.5. The molecule has 1 aromatic rings. The van der Waals surface area contributed by atoms with Gasteiger partial charge in [-0.2, -0.15) is 0 Å². The number of fused-ring (bicyclic) bond motifs is 1. The van der Waals surface area contributed by atoms with Crippen LogP contribution >= 0.6 is 0 Å². The summed E-state index contributed by atoms with van der Waals surface area (Å²) in [6, 6.07) is 0.391. The fourth-order valence-corrected chi connectivity index (χ4v) is 3.49. The van der Waals surface area contributed by atoms with Gasteiger partial charge in [0, 0.05) is 19.5 Å². The van der Waals surface area contributed by atoms with E-state index in [4.69, 9.17) is 9.84 Å². The van der Waals surface area contributed by atoms with E-state index in [0.29, 0.717) is 19.3 Å². The molecular weight excluding hydrogens is 268 g/mol. The maximum Gasteiger partial charge on any atom is 0.150 e. The number of aliphatic hydroxyl groups is 1. The summed E-state index contributed by atoms with van der Waals surface area (Å²) in [6.45, 7) is 4.29. The zero-order chi connectivity index (χ0) is 14.5. The lowest BCUT2D eigenvalue weighted by atomic mass is 10.2. The summed E-state index contributed by atoms with van der Waals surface area (Å²) in [6.07, 6.45) is 7.22.